The second-order valence-electron chi connectivity index (χ2n) is 16.8. The van der Waals surface area contributed by atoms with Gasteiger partial charge < -0.3 is 44.9 Å². The molecule has 0 saturated carbocycles. The van der Waals surface area contributed by atoms with Crippen LogP contribution in [0.2, 0.25) is 0 Å². The Morgan fingerprint density at radius 3 is 1.79 bits per heavy atom. The minimum absolute atomic E-state index is 0.00323. The maximum absolute atomic E-state index is 14.3. The quantitative estimate of drug-likeness (QED) is 0.123. The molecular weight excluding hydrogens is 833 g/mol. The Balaban J connectivity index is 0.00000192. The second kappa shape index (κ2) is 21.3. The zero-order valence-electron chi connectivity index (χ0n) is 37.8. The SMILES string of the molecule is CC(=O)N1CCN(C(=O)Cc2ccccc2)C(c2ncc(-c3ccc(-c4ccc(-c5cnc(C6CCCN6C(=O)C(NC(=O)N6CCOCC6)c6ccccc6)[nH]5)cc4)cc3)[nH]2)C1.CNC. The van der Waals surface area contributed by atoms with Crippen LogP contribution in [-0.2, 0) is 25.5 Å². The van der Waals surface area contributed by atoms with E-state index in [-0.39, 0.29) is 42.3 Å². The van der Waals surface area contributed by atoms with Crippen LogP contribution in [0.5, 0.6) is 0 Å². The second-order valence-corrected chi connectivity index (χ2v) is 16.8. The average molecular weight is 891 g/mol. The van der Waals surface area contributed by atoms with E-state index in [1.54, 1.807) is 22.9 Å². The number of aromatic nitrogens is 4. The molecule has 0 aliphatic carbocycles. The van der Waals surface area contributed by atoms with E-state index < -0.39 is 6.04 Å². The van der Waals surface area contributed by atoms with E-state index in [2.05, 4.69) is 57.0 Å². The molecule has 0 spiro atoms. The summed E-state index contributed by atoms with van der Waals surface area (Å²) < 4.78 is 5.42. The van der Waals surface area contributed by atoms with Gasteiger partial charge in [0.25, 0.3) is 0 Å². The van der Waals surface area contributed by atoms with Crippen LogP contribution < -0.4 is 10.6 Å². The number of rotatable bonds is 10. The van der Waals surface area contributed by atoms with Crippen molar-refractivity contribution in [1.82, 2.24) is 50.2 Å². The first-order chi connectivity index (χ1) is 32.2. The highest BCUT2D eigenvalue weighted by Gasteiger charge is 2.38. The lowest BCUT2D eigenvalue weighted by Crippen LogP contribution is -2.52. The van der Waals surface area contributed by atoms with Crippen molar-refractivity contribution in [3.8, 4) is 33.6 Å². The third-order valence-corrected chi connectivity index (χ3v) is 12.4. The van der Waals surface area contributed by atoms with Crippen LogP contribution in [0.25, 0.3) is 33.6 Å². The Kier molecular flexibility index (Phi) is 14.6. The van der Waals surface area contributed by atoms with Crippen molar-refractivity contribution in [2.75, 3.05) is 66.6 Å². The molecule has 3 unspecified atom stereocenters. The Morgan fingerprint density at radius 2 is 1.21 bits per heavy atom. The molecule has 3 fully saturated rings. The minimum atomic E-state index is -0.829. The molecular formula is C51H58N10O5. The summed E-state index contributed by atoms with van der Waals surface area (Å²) in [5.74, 6) is 1.19. The van der Waals surface area contributed by atoms with Crippen molar-refractivity contribution in [1.29, 1.82) is 0 Å². The van der Waals surface area contributed by atoms with Crippen LogP contribution in [0.3, 0.4) is 0 Å². The first-order valence-corrected chi connectivity index (χ1v) is 22.7. The molecule has 0 radical (unpaired) electrons. The number of amides is 5. The number of imidazole rings is 2. The van der Waals surface area contributed by atoms with Gasteiger partial charge in [0.15, 0.2) is 0 Å². The number of carbonyl (C=O) groups is 4. The number of carbonyl (C=O) groups excluding carboxylic acids is 4. The Morgan fingerprint density at radius 1 is 0.667 bits per heavy atom. The summed E-state index contributed by atoms with van der Waals surface area (Å²) in [4.78, 5) is 77.1. The molecule has 4 aromatic carbocycles. The summed E-state index contributed by atoms with van der Waals surface area (Å²) in [6.45, 7) is 5.35. The highest BCUT2D eigenvalue weighted by Crippen LogP contribution is 2.35. The number of aromatic amines is 2. The number of nitrogens with zero attached hydrogens (tertiary/aromatic N) is 6. The monoisotopic (exact) mass is 890 g/mol. The van der Waals surface area contributed by atoms with Gasteiger partial charge in [-0.25, -0.2) is 14.8 Å². The number of urea groups is 1. The normalized spacial score (nSPS) is 17.7. The van der Waals surface area contributed by atoms with Crippen LogP contribution in [0.1, 0.15) is 60.7 Å². The van der Waals surface area contributed by atoms with Gasteiger partial charge in [-0.3, -0.25) is 14.4 Å². The first-order valence-electron chi connectivity index (χ1n) is 22.7. The lowest BCUT2D eigenvalue weighted by atomic mass is 10.0. The zero-order valence-corrected chi connectivity index (χ0v) is 37.8. The fraction of sp³-hybridized carbons (Fsp3) is 0.333. The molecule has 9 rings (SSSR count). The van der Waals surface area contributed by atoms with E-state index in [0.717, 1.165) is 63.4 Å². The van der Waals surface area contributed by atoms with Gasteiger partial charge in [0.1, 0.15) is 23.7 Å². The zero-order chi connectivity index (χ0) is 46.0. The third kappa shape index (κ3) is 10.5. The van der Waals surface area contributed by atoms with E-state index >= 15 is 0 Å². The largest absolute Gasteiger partial charge is 0.378 e. The van der Waals surface area contributed by atoms with Gasteiger partial charge in [0, 0.05) is 46.2 Å². The smallest absolute Gasteiger partial charge is 0.318 e. The molecule has 342 valence electrons. The fourth-order valence-corrected chi connectivity index (χ4v) is 8.86. The van der Waals surface area contributed by atoms with Crippen LogP contribution >= 0.6 is 0 Å². The van der Waals surface area contributed by atoms with E-state index in [1.165, 1.54) is 0 Å². The predicted octanol–water partition coefficient (Wildman–Crippen LogP) is 6.39. The molecule has 2 aromatic heterocycles. The number of likely N-dealkylation sites (tertiary alicyclic amines) is 1. The summed E-state index contributed by atoms with van der Waals surface area (Å²) in [7, 11) is 3.75. The molecule has 3 aliphatic rings. The van der Waals surface area contributed by atoms with Crippen molar-refractivity contribution >= 4 is 23.8 Å². The highest BCUT2D eigenvalue weighted by molar-refractivity contribution is 5.89. The number of piperazine rings is 1. The van der Waals surface area contributed by atoms with Crippen molar-refractivity contribution in [3.05, 3.63) is 144 Å². The molecule has 5 heterocycles. The van der Waals surface area contributed by atoms with Crippen molar-refractivity contribution in [2.24, 2.45) is 0 Å². The Labute approximate surface area is 385 Å². The summed E-state index contributed by atoms with van der Waals surface area (Å²) in [5, 5.41) is 5.77. The predicted molar refractivity (Wildman–Crippen MR) is 253 cm³/mol. The van der Waals surface area contributed by atoms with Gasteiger partial charge in [-0.15, -0.1) is 0 Å². The van der Waals surface area contributed by atoms with Crippen molar-refractivity contribution < 1.29 is 23.9 Å². The van der Waals surface area contributed by atoms with Gasteiger partial charge in [-0.1, -0.05) is 109 Å². The molecule has 3 atom stereocenters. The maximum Gasteiger partial charge on any atom is 0.318 e. The Bertz CT molecular complexity index is 2560. The van der Waals surface area contributed by atoms with Crippen molar-refractivity contribution in [2.45, 2.75) is 44.3 Å². The molecule has 5 amide bonds. The Hall–Kier alpha value is -7.10. The van der Waals surface area contributed by atoms with Gasteiger partial charge in [0.2, 0.25) is 17.7 Å². The minimum Gasteiger partial charge on any atom is -0.378 e. The topological polar surface area (TPSA) is 172 Å². The number of morpholine rings is 1. The number of hydrogen-bond acceptors (Lipinski definition) is 8. The molecule has 3 aliphatic heterocycles. The molecule has 15 heteroatoms. The fourth-order valence-electron chi connectivity index (χ4n) is 8.86. The van der Waals surface area contributed by atoms with Gasteiger partial charge in [0.05, 0.1) is 49.5 Å². The first kappa shape index (κ1) is 45.5. The standard InChI is InChI=1S/C49H51N9O5.C2H7N/c1-33(59)56-23-24-57(44(60)29-34-9-4-2-5-10-34)43(32-56)47-51-31-41(53-47)38-20-16-36(17-21-38)35-14-18-37(19-15-35)40-30-50-46(52-40)42-13-8-22-58(42)48(61)45(39-11-6-3-7-12-39)54-49(62)55-25-27-63-28-26-55;1-3-2/h2-7,9-12,14-21,30-31,42-43,45H,8,13,22-29,32H2,1H3,(H,50,52)(H,51,53)(H,54,62);3H,1-2H3. The van der Waals surface area contributed by atoms with Crippen LogP contribution in [0, 0.1) is 0 Å². The molecule has 4 N–H and O–H groups in total. The lowest BCUT2D eigenvalue weighted by molar-refractivity contribution is -0.142. The molecule has 15 nitrogen and oxygen atoms in total. The van der Waals surface area contributed by atoms with Gasteiger partial charge in [-0.05, 0) is 60.3 Å². The number of hydrogen-bond donors (Lipinski definition) is 4. The average Bonchev–Trinajstić information content (AvgIpc) is 4.17. The maximum atomic E-state index is 14.3. The molecule has 0 bridgehead atoms. The molecule has 66 heavy (non-hydrogen) atoms. The van der Waals surface area contributed by atoms with Gasteiger partial charge in [-0.2, -0.15) is 0 Å². The van der Waals surface area contributed by atoms with E-state index in [4.69, 9.17) is 14.7 Å². The highest BCUT2D eigenvalue weighted by atomic mass is 16.5. The summed E-state index contributed by atoms with van der Waals surface area (Å²) in [6.07, 6.45) is 5.48. The molecule has 6 aromatic rings. The summed E-state index contributed by atoms with van der Waals surface area (Å²) >= 11 is 0. The van der Waals surface area contributed by atoms with Crippen LogP contribution in [0.4, 0.5) is 4.79 Å². The van der Waals surface area contributed by atoms with E-state index in [9.17, 15) is 19.2 Å². The summed E-state index contributed by atoms with van der Waals surface area (Å²) in [6, 6.07) is 33.9. The summed E-state index contributed by atoms with van der Waals surface area (Å²) in [5.41, 5.74) is 7.38. The number of nitrogens with one attached hydrogen (secondary N) is 4. The van der Waals surface area contributed by atoms with E-state index in [0.29, 0.717) is 58.3 Å². The van der Waals surface area contributed by atoms with E-state index in [1.807, 2.05) is 103 Å². The number of benzene rings is 4. The number of H-pyrrole nitrogens is 2. The van der Waals surface area contributed by atoms with Crippen LogP contribution in [0.15, 0.2) is 122 Å². The van der Waals surface area contributed by atoms with Crippen molar-refractivity contribution in [3.63, 3.8) is 0 Å². The lowest BCUT2D eigenvalue weighted by Gasteiger charge is -2.40. The number of ether oxygens (including phenoxy) is 1. The van der Waals surface area contributed by atoms with Crippen LogP contribution in [-0.4, -0.2) is 130 Å². The van der Waals surface area contributed by atoms with Gasteiger partial charge >= 0.3 is 6.03 Å². The molecule has 3 saturated heterocycles. The third-order valence-electron chi connectivity index (χ3n) is 12.4.